The first-order valence-corrected chi connectivity index (χ1v) is 12.9. The lowest BCUT2D eigenvalue weighted by atomic mass is 9.94. The Kier molecular flexibility index (Phi) is 7.94. The van der Waals surface area contributed by atoms with E-state index in [0.717, 1.165) is 37.2 Å². The summed E-state index contributed by atoms with van der Waals surface area (Å²) in [4.78, 5) is 20.0. The lowest BCUT2D eigenvalue weighted by molar-refractivity contribution is -0.131. The maximum atomic E-state index is 13.4. The molecule has 174 valence electrons. The zero-order chi connectivity index (χ0) is 23.5. The summed E-state index contributed by atoms with van der Waals surface area (Å²) in [5, 5.41) is 0. The predicted molar refractivity (Wildman–Crippen MR) is 137 cm³/mol. The molecule has 33 heavy (non-hydrogen) atoms. The Balaban J connectivity index is 1.65. The third kappa shape index (κ3) is 5.37. The molecule has 0 spiro atoms. The summed E-state index contributed by atoms with van der Waals surface area (Å²) in [7, 11) is 3.48. The van der Waals surface area contributed by atoms with Crippen molar-refractivity contribution in [2.24, 2.45) is 0 Å². The van der Waals surface area contributed by atoms with E-state index in [2.05, 4.69) is 47.8 Å². The maximum Gasteiger partial charge on any atom is 0.231 e. The molecule has 1 aromatic heterocycles. The van der Waals surface area contributed by atoms with Gasteiger partial charge in [0.15, 0.2) is 4.73 Å². The van der Waals surface area contributed by atoms with E-state index in [9.17, 15) is 4.79 Å². The van der Waals surface area contributed by atoms with Gasteiger partial charge in [0.2, 0.25) is 5.91 Å². The molecule has 1 aliphatic rings. The second-order valence-corrected chi connectivity index (χ2v) is 10.4. The molecule has 1 amide bonds. The number of nitrogens with zero attached hydrogens (tertiary/aromatic N) is 3. The largest absolute Gasteiger partial charge is 0.494 e. The summed E-state index contributed by atoms with van der Waals surface area (Å²) in [6.45, 7) is 1.42. The number of amides is 1. The van der Waals surface area contributed by atoms with E-state index in [1.807, 2.05) is 54.1 Å². The Morgan fingerprint density at radius 3 is 2.45 bits per heavy atom. The molecule has 2 aromatic carbocycles. The Labute approximate surface area is 218 Å². The molecule has 9 heteroatoms. The lowest BCUT2D eigenvalue weighted by Crippen LogP contribution is -2.33. The molecule has 3 aromatic rings. The van der Waals surface area contributed by atoms with Gasteiger partial charge in [-0.05, 0) is 77.5 Å². The quantitative estimate of drug-likeness (QED) is 0.333. The number of halogens is 3. The number of benzene rings is 2. The fraction of sp³-hybridized carbons (Fsp3) is 0.333. The van der Waals surface area contributed by atoms with E-state index in [1.165, 1.54) is 0 Å². The summed E-state index contributed by atoms with van der Waals surface area (Å²) in [5.41, 5.74) is 3.95. The predicted octanol–water partition coefficient (Wildman–Crippen LogP) is 5.69. The Hall–Kier alpha value is -1.68. The second-order valence-electron chi connectivity index (χ2n) is 7.96. The molecule has 0 aliphatic carbocycles. The van der Waals surface area contributed by atoms with Crippen LogP contribution in [-0.2, 0) is 35.7 Å². The van der Waals surface area contributed by atoms with Gasteiger partial charge in [-0.15, -0.1) is 0 Å². The van der Waals surface area contributed by atoms with Crippen LogP contribution in [0.15, 0.2) is 56.1 Å². The topological polar surface area (TPSA) is 56.6 Å². The average Bonchev–Trinajstić information content (AvgIpc) is 3.05. The molecular weight excluding hydrogens is 618 g/mol. The molecular formula is C24H24Br3N3O3. The zero-order valence-corrected chi connectivity index (χ0v) is 23.1. The number of methoxy groups -OCH3 is 1. The smallest absolute Gasteiger partial charge is 0.231 e. The number of carbonyl (C=O) groups excluding carboxylic acids is 1. The minimum Gasteiger partial charge on any atom is -0.494 e. The summed E-state index contributed by atoms with van der Waals surface area (Å²) >= 11 is 10.7. The summed E-state index contributed by atoms with van der Waals surface area (Å²) in [6.07, 6.45) is 1.24. The van der Waals surface area contributed by atoms with Crippen LogP contribution >= 0.6 is 47.8 Å². The summed E-state index contributed by atoms with van der Waals surface area (Å²) in [5.74, 6) is 0.429. The third-order valence-corrected chi connectivity index (χ3v) is 7.54. The highest BCUT2D eigenvalue weighted by molar-refractivity contribution is 9.11. The van der Waals surface area contributed by atoms with Gasteiger partial charge in [-0.25, -0.2) is 4.98 Å². The van der Waals surface area contributed by atoms with Crippen LogP contribution in [0.2, 0.25) is 0 Å². The summed E-state index contributed by atoms with van der Waals surface area (Å²) < 4.78 is 15.8. The van der Waals surface area contributed by atoms with Gasteiger partial charge in [0, 0.05) is 20.0 Å². The van der Waals surface area contributed by atoms with Gasteiger partial charge in [0.25, 0.3) is 0 Å². The van der Waals surface area contributed by atoms with Gasteiger partial charge in [0.05, 0.1) is 40.0 Å². The highest BCUT2D eigenvalue weighted by atomic mass is 79.9. The molecule has 1 aliphatic heterocycles. The molecule has 0 radical (unpaired) electrons. The van der Waals surface area contributed by atoms with E-state index >= 15 is 0 Å². The number of fused-ring (bicyclic) bond motifs is 1. The van der Waals surface area contributed by atoms with Crippen LogP contribution in [0.1, 0.15) is 28.4 Å². The summed E-state index contributed by atoms with van der Waals surface area (Å²) in [6, 6.07) is 14.0. The SMILES string of the molecule is COc1c(Br)cc(CC2C(=O)N(C)CCc3nc(Br)n(COCc4ccccc4)c32)cc1Br. The van der Waals surface area contributed by atoms with Crippen LogP contribution in [0.4, 0.5) is 0 Å². The van der Waals surface area contributed by atoms with Crippen LogP contribution in [0, 0.1) is 0 Å². The molecule has 0 bridgehead atoms. The van der Waals surface area contributed by atoms with Crippen LogP contribution in [-0.4, -0.2) is 41.1 Å². The molecule has 4 rings (SSSR count). The monoisotopic (exact) mass is 639 g/mol. The van der Waals surface area contributed by atoms with Gasteiger partial charge >= 0.3 is 0 Å². The number of hydrogen-bond acceptors (Lipinski definition) is 4. The van der Waals surface area contributed by atoms with Gasteiger partial charge in [-0.3, -0.25) is 9.36 Å². The van der Waals surface area contributed by atoms with Crippen LogP contribution in [0.3, 0.4) is 0 Å². The number of imidazole rings is 1. The fourth-order valence-electron chi connectivity index (χ4n) is 4.12. The van der Waals surface area contributed by atoms with E-state index < -0.39 is 0 Å². The van der Waals surface area contributed by atoms with E-state index in [0.29, 0.717) is 37.5 Å². The molecule has 0 fully saturated rings. The fourth-order valence-corrected chi connectivity index (χ4v) is 6.23. The standard InChI is InChI=1S/C24H24Br3N3O3/c1-29-9-8-20-21(30(24(27)28-20)14-33-13-15-6-4-3-5-7-15)17(23(29)31)10-16-11-18(25)22(32-2)19(26)12-16/h3-7,11-12,17H,8-10,13-14H2,1-2H3. The number of ether oxygens (including phenoxy) is 2. The van der Waals surface area contributed by atoms with E-state index in [-0.39, 0.29) is 11.8 Å². The molecule has 1 unspecified atom stereocenters. The van der Waals surface area contributed by atoms with E-state index in [1.54, 1.807) is 12.0 Å². The van der Waals surface area contributed by atoms with E-state index in [4.69, 9.17) is 14.5 Å². The maximum absolute atomic E-state index is 13.4. The Morgan fingerprint density at radius 2 is 1.79 bits per heavy atom. The first-order valence-electron chi connectivity index (χ1n) is 10.5. The van der Waals surface area contributed by atoms with Crippen molar-refractivity contribution in [1.82, 2.24) is 14.5 Å². The molecule has 0 saturated carbocycles. The number of carbonyl (C=O) groups is 1. The Morgan fingerprint density at radius 1 is 1.09 bits per heavy atom. The zero-order valence-electron chi connectivity index (χ0n) is 18.4. The van der Waals surface area contributed by atoms with Crippen molar-refractivity contribution >= 4 is 53.7 Å². The van der Waals surface area contributed by atoms with Crippen molar-refractivity contribution in [2.45, 2.75) is 32.1 Å². The number of rotatable bonds is 7. The second kappa shape index (κ2) is 10.7. The molecule has 6 nitrogen and oxygen atoms in total. The normalized spacial score (nSPS) is 16.0. The number of likely N-dealkylation sites (N-methyl/N-ethyl adjacent to an activating group) is 1. The Bertz CT molecular complexity index is 1130. The molecule has 0 N–H and O–H groups in total. The number of hydrogen-bond donors (Lipinski definition) is 0. The first-order chi connectivity index (χ1) is 15.9. The van der Waals surface area contributed by atoms with Gasteiger partial charge in [0.1, 0.15) is 12.5 Å². The minimum absolute atomic E-state index is 0.0773. The molecule has 2 heterocycles. The average molecular weight is 642 g/mol. The van der Waals surface area contributed by atoms with Crippen LogP contribution in [0.5, 0.6) is 5.75 Å². The van der Waals surface area contributed by atoms with Crippen molar-refractivity contribution in [1.29, 1.82) is 0 Å². The highest BCUT2D eigenvalue weighted by Crippen LogP contribution is 2.37. The van der Waals surface area contributed by atoms with Gasteiger partial charge in [-0.1, -0.05) is 30.3 Å². The minimum atomic E-state index is -0.376. The van der Waals surface area contributed by atoms with Crippen molar-refractivity contribution in [2.75, 3.05) is 20.7 Å². The van der Waals surface area contributed by atoms with Crippen LogP contribution < -0.4 is 4.74 Å². The number of aromatic nitrogens is 2. The molecule has 1 atom stereocenters. The highest BCUT2D eigenvalue weighted by Gasteiger charge is 2.34. The van der Waals surface area contributed by atoms with Crippen molar-refractivity contribution in [3.8, 4) is 5.75 Å². The van der Waals surface area contributed by atoms with Crippen molar-refractivity contribution in [3.63, 3.8) is 0 Å². The van der Waals surface area contributed by atoms with Gasteiger partial charge in [-0.2, -0.15) is 0 Å². The van der Waals surface area contributed by atoms with Gasteiger partial charge < -0.3 is 14.4 Å². The molecule has 0 saturated heterocycles. The van der Waals surface area contributed by atoms with Crippen molar-refractivity contribution < 1.29 is 14.3 Å². The van der Waals surface area contributed by atoms with Crippen LogP contribution in [0.25, 0.3) is 0 Å². The first kappa shape index (κ1) is 24.4. The van der Waals surface area contributed by atoms with Crippen molar-refractivity contribution in [3.05, 3.63) is 78.7 Å². The third-order valence-electron chi connectivity index (χ3n) is 5.76. The lowest BCUT2D eigenvalue weighted by Gasteiger charge is -2.23.